The number of fused-ring (bicyclic) bond motifs is 1. The number of aromatic nitrogens is 2. The number of aliphatic hydroxyl groups excluding tert-OH is 1. The molecule has 1 atom stereocenters. The standard InChI is InChI=1S/C7H10N2O/c10-6-1-3-9-4-2-8-7(9)5-6/h2,4,6,10H,1,3,5H2/t6-/m0/s1. The molecule has 0 fully saturated rings. The largest absolute Gasteiger partial charge is 0.393 e. The van der Waals surface area contributed by atoms with Crippen LogP contribution in [0.15, 0.2) is 12.4 Å². The maximum absolute atomic E-state index is 9.22. The Hall–Kier alpha value is -0.830. The van der Waals surface area contributed by atoms with Crippen LogP contribution < -0.4 is 0 Å². The maximum atomic E-state index is 9.22. The summed E-state index contributed by atoms with van der Waals surface area (Å²) in [5.74, 6) is 1.01. The zero-order chi connectivity index (χ0) is 6.97. The maximum Gasteiger partial charge on any atom is 0.111 e. The first-order valence-corrected chi connectivity index (χ1v) is 3.54. The van der Waals surface area contributed by atoms with Gasteiger partial charge in [0.05, 0.1) is 6.10 Å². The van der Waals surface area contributed by atoms with Crippen LogP contribution in [0.3, 0.4) is 0 Å². The van der Waals surface area contributed by atoms with E-state index < -0.39 is 0 Å². The summed E-state index contributed by atoms with van der Waals surface area (Å²) in [5.41, 5.74) is 0. The molecule has 1 aromatic rings. The second-order valence-corrected chi connectivity index (χ2v) is 2.68. The zero-order valence-electron chi connectivity index (χ0n) is 5.70. The van der Waals surface area contributed by atoms with Crippen LogP contribution in [0.5, 0.6) is 0 Å². The summed E-state index contributed by atoms with van der Waals surface area (Å²) in [5, 5.41) is 9.22. The van der Waals surface area contributed by atoms with Gasteiger partial charge in [0.2, 0.25) is 0 Å². The molecule has 0 amide bonds. The van der Waals surface area contributed by atoms with E-state index in [2.05, 4.69) is 9.55 Å². The molecule has 0 radical (unpaired) electrons. The number of aliphatic hydroxyl groups is 1. The fraction of sp³-hybridized carbons (Fsp3) is 0.571. The van der Waals surface area contributed by atoms with Gasteiger partial charge in [0.15, 0.2) is 0 Å². The number of aryl methyl sites for hydroxylation is 1. The molecular formula is C7H10N2O. The summed E-state index contributed by atoms with van der Waals surface area (Å²) in [6, 6.07) is 0. The third kappa shape index (κ3) is 0.827. The molecule has 1 aliphatic heterocycles. The van der Waals surface area contributed by atoms with Gasteiger partial charge in [0.25, 0.3) is 0 Å². The molecule has 0 saturated heterocycles. The lowest BCUT2D eigenvalue weighted by Crippen LogP contribution is -2.22. The van der Waals surface area contributed by atoms with Crippen molar-refractivity contribution >= 4 is 0 Å². The van der Waals surface area contributed by atoms with Crippen molar-refractivity contribution in [3.63, 3.8) is 0 Å². The zero-order valence-corrected chi connectivity index (χ0v) is 5.70. The third-order valence-corrected chi connectivity index (χ3v) is 1.92. The van der Waals surface area contributed by atoms with Crippen molar-refractivity contribution in [2.24, 2.45) is 0 Å². The topological polar surface area (TPSA) is 38.0 Å². The van der Waals surface area contributed by atoms with Gasteiger partial charge in [-0.2, -0.15) is 0 Å². The minimum Gasteiger partial charge on any atom is -0.393 e. The minimum absolute atomic E-state index is 0.171. The van der Waals surface area contributed by atoms with Crippen LogP contribution in [-0.4, -0.2) is 20.8 Å². The highest BCUT2D eigenvalue weighted by Crippen LogP contribution is 2.11. The number of hydrogen-bond acceptors (Lipinski definition) is 2. The Kier molecular flexibility index (Phi) is 1.24. The Bertz CT molecular complexity index is 231. The van der Waals surface area contributed by atoms with Crippen molar-refractivity contribution in [1.82, 2.24) is 9.55 Å². The third-order valence-electron chi connectivity index (χ3n) is 1.92. The lowest BCUT2D eigenvalue weighted by Gasteiger charge is -2.18. The predicted octanol–water partition coefficient (Wildman–Crippen LogP) is 0.190. The van der Waals surface area contributed by atoms with E-state index in [0.717, 1.165) is 18.8 Å². The van der Waals surface area contributed by atoms with Crippen LogP contribution in [0, 0.1) is 0 Å². The van der Waals surface area contributed by atoms with Gasteiger partial charge in [-0.25, -0.2) is 4.98 Å². The SMILES string of the molecule is O[C@H]1CCn2ccnc2C1. The van der Waals surface area contributed by atoms with Crippen LogP contribution in [0.2, 0.25) is 0 Å². The Balaban J connectivity index is 2.30. The Morgan fingerprint density at radius 1 is 1.70 bits per heavy atom. The summed E-state index contributed by atoms with van der Waals surface area (Å²) >= 11 is 0. The molecule has 3 nitrogen and oxygen atoms in total. The average molecular weight is 138 g/mol. The van der Waals surface area contributed by atoms with Crippen molar-refractivity contribution in [2.45, 2.75) is 25.5 Å². The lowest BCUT2D eigenvalue weighted by molar-refractivity contribution is 0.141. The number of hydrogen-bond donors (Lipinski definition) is 1. The molecule has 10 heavy (non-hydrogen) atoms. The molecule has 0 saturated carbocycles. The van der Waals surface area contributed by atoms with E-state index in [9.17, 15) is 5.11 Å². The lowest BCUT2D eigenvalue weighted by atomic mass is 10.1. The predicted molar refractivity (Wildman–Crippen MR) is 36.6 cm³/mol. The average Bonchev–Trinajstić information content (AvgIpc) is 2.33. The van der Waals surface area contributed by atoms with Gasteiger partial charge >= 0.3 is 0 Å². The minimum atomic E-state index is -0.171. The van der Waals surface area contributed by atoms with E-state index in [4.69, 9.17) is 0 Å². The number of nitrogens with zero attached hydrogens (tertiary/aromatic N) is 2. The van der Waals surface area contributed by atoms with Gasteiger partial charge in [0, 0.05) is 25.4 Å². The van der Waals surface area contributed by atoms with Crippen LogP contribution in [0.25, 0.3) is 0 Å². The summed E-state index contributed by atoms with van der Waals surface area (Å²) in [7, 11) is 0. The molecule has 1 aliphatic rings. The number of imidazole rings is 1. The van der Waals surface area contributed by atoms with Gasteiger partial charge in [-0.3, -0.25) is 0 Å². The molecule has 0 aromatic carbocycles. The van der Waals surface area contributed by atoms with E-state index in [1.54, 1.807) is 6.20 Å². The molecule has 0 unspecified atom stereocenters. The molecular weight excluding hydrogens is 128 g/mol. The Morgan fingerprint density at radius 2 is 2.60 bits per heavy atom. The van der Waals surface area contributed by atoms with Crippen LogP contribution >= 0.6 is 0 Å². The molecule has 3 heteroatoms. The molecule has 0 spiro atoms. The van der Waals surface area contributed by atoms with Crippen molar-refractivity contribution in [3.8, 4) is 0 Å². The highest BCUT2D eigenvalue weighted by Gasteiger charge is 2.15. The van der Waals surface area contributed by atoms with Crippen molar-refractivity contribution in [3.05, 3.63) is 18.2 Å². The van der Waals surface area contributed by atoms with Crippen molar-refractivity contribution in [2.75, 3.05) is 0 Å². The molecule has 2 rings (SSSR count). The fourth-order valence-electron chi connectivity index (χ4n) is 1.33. The van der Waals surface area contributed by atoms with Crippen molar-refractivity contribution < 1.29 is 5.11 Å². The van der Waals surface area contributed by atoms with E-state index in [-0.39, 0.29) is 6.10 Å². The highest BCUT2D eigenvalue weighted by molar-refractivity contribution is 4.97. The summed E-state index contributed by atoms with van der Waals surface area (Å²) in [4.78, 5) is 4.11. The van der Waals surface area contributed by atoms with Gasteiger partial charge in [-0.1, -0.05) is 0 Å². The quantitative estimate of drug-likeness (QED) is 0.555. The van der Waals surface area contributed by atoms with E-state index in [0.29, 0.717) is 6.42 Å². The molecule has 1 aromatic heterocycles. The number of rotatable bonds is 0. The second-order valence-electron chi connectivity index (χ2n) is 2.68. The van der Waals surface area contributed by atoms with Gasteiger partial charge in [0.1, 0.15) is 5.82 Å². The molecule has 2 heterocycles. The van der Waals surface area contributed by atoms with E-state index in [1.807, 2.05) is 6.20 Å². The summed E-state index contributed by atoms with van der Waals surface area (Å²) < 4.78 is 2.09. The Morgan fingerprint density at radius 3 is 3.50 bits per heavy atom. The second kappa shape index (κ2) is 2.09. The van der Waals surface area contributed by atoms with Gasteiger partial charge in [-0.15, -0.1) is 0 Å². The smallest absolute Gasteiger partial charge is 0.111 e. The monoisotopic (exact) mass is 138 g/mol. The molecule has 54 valence electrons. The van der Waals surface area contributed by atoms with Gasteiger partial charge in [-0.05, 0) is 6.42 Å². The normalized spacial score (nSPS) is 24.3. The first-order chi connectivity index (χ1) is 4.86. The summed E-state index contributed by atoms with van der Waals surface area (Å²) in [6.07, 6.45) is 5.15. The first kappa shape index (κ1) is 5.92. The first-order valence-electron chi connectivity index (χ1n) is 3.54. The highest BCUT2D eigenvalue weighted by atomic mass is 16.3. The van der Waals surface area contributed by atoms with Crippen LogP contribution in [0.1, 0.15) is 12.2 Å². The molecule has 0 bridgehead atoms. The van der Waals surface area contributed by atoms with Crippen LogP contribution in [0.4, 0.5) is 0 Å². The van der Waals surface area contributed by atoms with Gasteiger partial charge < -0.3 is 9.67 Å². The van der Waals surface area contributed by atoms with E-state index >= 15 is 0 Å². The Labute approximate surface area is 59.3 Å². The fourth-order valence-corrected chi connectivity index (χ4v) is 1.33. The van der Waals surface area contributed by atoms with Crippen molar-refractivity contribution in [1.29, 1.82) is 0 Å². The van der Waals surface area contributed by atoms with Crippen LogP contribution in [-0.2, 0) is 13.0 Å². The summed E-state index contributed by atoms with van der Waals surface area (Å²) in [6.45, 7) is 0.913. The molecule has 1 N–H and O–H groups in total. The molecule has 0 aliphatic carbocycles. The van der Waals surface area contributed by atoms with E-state index in [1.165, 1.54) is 0 Å².